The number of hydrogen-bond acceptors (Lipinski definition) is 3. The van der Waals surface area contributed by atoms with E-state index in [1.165, 1.54) is 11.1 Å². The van der Waals surface area contributed by atoms with Crippen molar-refractivity contribution in [3.63, 3.8) is 0 Å². The standard InChI is InChI=1S/C18H23N3/c1-13-16(9-6-12-19)14(2)21-17(20-13)18(10-11-18)15-7-4-3-5-8-15/h3-5,7-8H,6,9-12,19H2,1-2H3. The third kappa shape index (κ3) is 2.58. The van der Waals surface area contributed by atoms with E-state index < -0.39 is 0 Å². The summed E-state index contributed by atoms with van der Waals surface area (Å²) in [7, 11) is 0. The lowest BCUT2D eigenvalue weighted by Crippen LogP contribution is -2.17. The monoisotopic (exact) mass is 281 g/mol. The molecule has 0 saturated heterocycles. The highest BCUT2D eigenvalue weighted by Gasteiger charge is 2.48. The van der Waals surface area contributed by atoms with Gasteiger partial charge in [0.2, 0.25) is 0 Å². The van der Waals surface area contributed by atoms with Gasteiger partial charge in [-0.15, -0.1) is 0 Å². The van der Waals surface area contributed by atoms with Gasteiger partial charge in [0, 0.05) is 11.4 Å². The highest BCUT2D eigenvalue weighted by atomic mass is 14.9. The Bertz CT molecular complexity index is 607. The number of nitrogens with zero attached hydrogens (tertiary/aromatic N) is 2. The number of benzene rings is 1. The molecule has 1 aromatic carbocycles. The summed E-state index contributed by atoms with van der Waals surface area (Å²) < 4.78 is 0. The summed E-state index contributed by atoms with van der Waals surface area (Å²) in [6.07, 6.45) is 4.27. The molecule has 2 N–H and O–H groups in total. The van der Waals surface area contributed by atoms with Crippen molar-refractivity contribution in [2.45, 2.75) is 44.9 Å². The van der Waals surface area contributed by atoms with Gasteiger partial charge in [-0.25, -0.2) is 9.97 Å². The van der Waals surface area contributed by atoms with E-state index in [4.69, 9.17) is 15.7 Å². The number of aryl methyl sites for hydroxylation is 2. The zero-order valence-electron chi connectivity index (χ0n) is 12.9. The van der Waals surface area contributed by atoms with Crippen LogP contribution in [0, 0.1) is 13.8 Å². The fourth-order valence-corrected chi connectivity index (χ4v) is 3.12. The zero-order valence-corrected chi connectivity index (χ0v) is 12.9. The van der Waals surface area contributed by atoms with Crippen molar-refractivity contribution in [3.8, 4) is 0 Å². The Hall–Kier alpha value is -1.74. The molecule has 3 heteroatoms. The molecule has 1 aliphatic carbocycles. The second-order valence-electron chi connectivity index (χ2n) is 6.04. The molecule has 1 saturated carbocycles. The normalized spacial score (nSPS) is 16.0. The van der Waals surface area contributed by atoms with Crippen molar-refractivity contribution < 1.29 is 0 Å². The van der Waals surface area contributed by atoms with Crippen molar-refractivity contribution in [2.75, 3.05) is 6.54 Å². The topological polar surface area (TPSA) is 51.8 Å². The lowest BCUT2D eigenvalue weighted by molar-refractivity contribution is 0.720. The molecule has 1 aromatic heterocycles. The van der Waals surface area contributed by atoms with Crippen LogP contribution < -0.4 is 5.73 Å². The van der Waals surface area contributed by atoms with E-state index >= 15 is 0 Å². The number of hydrogen-bond donors (Lipinski definition) is 1. The highest BCUT2D eigenvalue weighted by Crippen LogP contribution is 2.52. The van der Waals surface area contributed by atoms with Crippen LogP contribution in [0.1, 0.15) is 47.6 Å². The van der Waals surface area contributed by atoms with Crippen molar-refractivity contribution in [1.29, 1.82) is 0 Å². The maximum atomic E-state index is 5.62. The Morgan fingerprint density at radius 2 is 1.67 bits per heavy atom. The van der Waals surface area contributed by atoms with Crippen molar-refractivity contribution in [1.82, 2.24) is 9.97 Å². The van der Waals surface area contributed by atoms with Crippen LogP contribution in [-0.2, 0) is 11.8 Å². The molecule has 0 radical (unpaired) electrons. The molecule has 1 aliphatic rings. The van der Waals surface area contributed by atoms with Crippen LogP contribution in [0.4, 0.5) is 0 Å². The average molecular weight is 281 g/mol. The van der Waals surface area contributed by atoms with Crippen LogP contribution in [0.15, 0.2) is 30.3 Å². The molecule has 0 aliphatic heterocycles. The summed E-state index contributed by atoms with van der Waals surface area (Å²) in [5.41, 5.74) is 10.5. The first kappa shape index (κ1) is 14.2. The molecule has 2 aromatic rings. The Morgan fingerprint density at radius 3 is 2.19 bits per heavy atom. The van der Waals surface area contributed by atoms with Crippen LogP contribution in [0.25, 0.3) is 0 Å². The van der Waals surface area contributed by atoms with Gasteiger partial charge in [0.25, 0.3) is 0 Å². The fourth-order valence-electron chi connectivity index (χ4n) is 3.12. The quantitative estimate of drug-likeness (QED) is 0.916. The Morgan fingerprint density at radius 1 is 1.05 bits per heavy atom. The van der Waals surface area contributed by atoms with Gasteiger partial charge < -0.3 is 5.73 Å². The van der Waals surface area contributed by atoms with E-state index in [-0.39, 0.29) is 5.41 Å². The first-order valence-electron chi connectivity index (χ1n) is 7.77. The predicted molar refractivity (Wildman–Crippen MR) is 85.3 cm³/mol. The second-order valence-corrected chi connectivity index (χ2v) is 6.04. The molecule has 21 heavy (non-hydrogen) atoms. The molecule has 3 rings (SSSR count). The Kier molecular flexibility index (Phi) is 3.77. The van der Waals surface area contributed by atoms with Crippen LogP contribution in [0.5, 0.6) is 0 Å². The van der Waals surface area contributed by atoms with E-state index in [2.05, 4.69) is 44.2 Å². The second kappa shape index (κ2) is 5.57. The maximum absolute atomic E-state index is 5.62. The van der Waals surface area contributed by atoms with Crippen LogP contribution in [0.2, 0.25) is 0 Å². The minimum absolute atomic E-state index is 0.0587. The minimum atomic E-state index is 0.0587. The number of aromatic nitrogens is 2. The van der Waals surface area contributed by atoms with Crippen molar-refractivity contribution >= 4 is 0 Å². The van der Waals surface area contributed by atoms with Crippen molar-refractivity contribution in [3.05, 3.63) is 58.7 Å². The Labute approximate surface area is 126 Å². The van der Waals surface area contributed by atoms with E-state index in [1.54, 1.807) is 0 Å². The van der Waals surface area contributed by atoms with Crippen LogP contribution in [-0.4, -0.2) is 16.5 Å². The molecular formula is C18H23N3. The molecule has 0 spiro atoms. The van der Waals surface area contributed by atoms with Crippen LogP contribution >= 0.6 is 0 Å². The highest BCUT2D eigenvalue weighted by molar-refractivity contribution is 5.40. The smallest absolute Gasteiger partial charge is 0.139 e. The predicted octanol–water partition coefficient (Wildman–Crippen LogP) is 3.06. The number of rotatable bonds is 5. The van der Waals surface area contributed by atoms with E-state index in [1.807, 2.05) is 0 Å². The summed E-state index contributed by atoms with van der Waals surface area (Å²) in [6.45, 7) is 4.92. The average Bonchev–Trinajstić information content (AvgIpc) is 3.29. The van der Waals surface area contributed by atoms with E-state index in [0.29, 0.717) is 6.54 Å². The molecule has 0 atom stereocenters. The molecule has 0 bridgehead atoms. The van der Waals surface area contributed by atoms with E-state index in [0.717, 1.165) is 42.9 Å². The molecular weight excluding hydrogens is 258 g/mol. The molecule has 110 valence electrons. The molecule has 0 amide bonds. The molecule has 1 heterocycles. The maximum Gasteiger partial charge on any atom is 0.139 e. The summed E-state index contributed by atoms with van der Waals surface area (Å²) >= 11 is 0. The fraction of sp³-hybridized carbons (Fsp3) is 0.444. The first-order chi connectivity index (χ1) is 10.2. The van der Waals surface area contributed by atoms with E-state index in [9.17, 15) is 0 Å². The van der Waals surface area contributed by atoms with Gasteiger partial charge in [-0.1, -0.05) is 30.3 Å². The Balaban J connectivity index is 1.97. The molecule has 1 fully saturated rings. The van der Waals surface area contributed by atoms with Gasteiger partial charge in [0.15, 0.2) is 0 Å². The largest absolute Gasteiger partial charge is 0.330 e. The summed E-state index contributed by atoms with van der Waals surface area (Å²) in [6, 6.07) is 10.7. The SMILES string of the molecule is Cc1nc(C2(c3ccccc3)CC2)nc(C)c1CCCN. The van der Waals surface area contributed by atoms with Gasteiger partial charge in [-0.2, -0.15) is 0 Å². The molecule has 3 nitrogen and oxygen atoms in total. The van der Waals surface area contributed by atoms with Crippen molar-refractivity contribution in [2.24, 2.45) is 5.73 Å². The van der Waals surface area contributed by atoms with Gasteiger partial charge in [-0.3, -0.25) is 0 Å². The van der Waals surface area contributed by atoms with Gasteiger partial charge in [-0.05, 0) is 57.2 Å². The summed E-state index contributed by atoms with van der Waals surface area (Å²) in [5, 5.41) is 0. The van der Waals surface area contributed by atoms with Gasteiger partial charge in [0.1, 0.15) is 5.82 Å². The number of nitrogens with two attached hydrogens (primary N) is 1. The van der Waals surface area contributed by atoms with Gasteiger partial charge >= 0.3 is 0 Å². The lowest BCUT2D eigenvalue weighted by atomic mass is 9.94. The zero-order chi connectivity index (χ0) is 14.9. The summed E-state index contributed by atoms with van der Waals surface area (Å²) in [5.74, 6) is 1.00. The third-order valence-corrected chi connectivity index (χ3v) is 4.56. The third-order valence-electron chi connectivity index (χ3n) is 4.56. The molecule has 0 unspecified atom stereocenters. The van der Waals surface area contributed by atoms with Gasteiger partial charge in [0.05, 0.1) is 5.41 Å². The first-order valence-corrected chi connectivity index (χ1v) is 7.77. The van der Waals surface area contributed by atoms with Crippen LogP contribution in [0.3, 0.4) is 0 Å². The lowest BCUT2D eigenvalue weighted by Gasteiger charge is -2.17. The summed E-state index contributed by atoms with van der Waals surface area (Å²) in [4.78, 5) is 9.69. The minimum Gasteiger partial charge on any atom is -0.330 e.